The highest BCUT2D eigenvalue weighted by Crippen LogP contribution is 1.81. The summed E-state index contributed by atoms with van der Waals surface area (Å²) < 4.78 is 30.7. The largest absolute Gasteiger partial charge is 0.397 e. The molecule has 0 aromatic carbocycles. The Morgan fingerprint density at radius 2 is 1.67 bits per heavy atom. The van der Waals surface area contributed by atoms with Crippen molar-refractivity contribution in [2.45, 2.75) is 13.8 Å². The van der Waals surface area contributed by atoms with Gasteiger partial charge in [-0.2, -0.15) is 8.42 Å². The van der Waals surface area contributed by atoms with Crippen molar-refractivity contribution in [1.29, 1.82) is 0 Å². The quantitative estimate of drug-likeness (QED) is 0.558. The molecule has 0 saturated heterocycles. The molecular formula is C6H17O4S2+. The van der Waals surface area contributed by atoms with Crippen LogP contribution in [0.5, 0.6) is 0 Å². The van der Waals surface area contributed by atoms with Gasteiger partial charge in [-0.05, 0) is 24.7 Å². The lowest BCUT2D eigenvalue weighted by Crippen LogP contribution is -2.01. The molecule has 0 bridgehead atoms. The van der Waals surface area contributed by atoms with Crippen LogP contribution in [0.15, 0.2) is 0 Å². The first kappa shape index (κ1) is 14.7. The van der Waals surface area contributed by atoms with Gasteiger partial charge in [0, 0.05) is 0 Å². The molecule has 0 radical (unpaired) electrons. The molecule has 0 aliphatic rings. The van der Waals surface area contributed by atoms with Gasteiger partial charge in [0.15, 0.2) is 0 Å². The van der Waals surface area contributed by atoms with Crippen LogP contribution in [-0.4, -0.2) is 37.8 Å². The minimum atomic E-state index is -4.17. The first-order valence-electron chi connectivity index (χ1n) is 3.49. The Morgan fingerprint density at radius 1 is 1.33 bits per heavy atom. The van der Waals surface area contributed by atoms with Crippen LogP contribution in [0.4, 0.5) is 0 Å². The topological polar surface area (TPSA) is 63.6 Å². The number of hydrogen-bond donors (Lipinski definition) is 1. The minimum absolute atomic E-state index is 0.0289. The SMILES string of the molecule is CCOS(=O)(=O)O.CC[S+](C)C. The minimum Gasteiger partial charge on any atom is -0.264 e. The zero-order valence-corrected chi connectivity index (χ0v) is 9.54. The maximum Gasteiger partial charge on any atom is 0.397 e. The zero-order valence-electron chi connectivity index (χ0n) is 7.90. The van der Waals surface area contributed by atoms with Crippen molar-refractivity contribution in [1.82, 2.24) is 0 Å². The summed E-state index contributed by atoms with van der Waals surface area (Å²) in [5.74, 6) is 1.33. The molecule has 0 spiro atoms. The van der Waals surface area contributed by atoms with Crippen molar-refractivity contribution in [2.24, 2.45) is 0 Å². The first-order chi connectivity index (χ1) is 5.33. The fraction of sp³-hybridized carbons (Fsp3) is 1.00. The summed E-state index contributed by atoms with van der Waals surface area (Å²) in [6.07, 6.45) is 4.50. The lowest BCUT2D eigenvalue weighted by molar-refractivity contribution is 0.283. The van der Waals surface area contributed by atoms with Crippen molar-refractivity contribution in [2.75, 3.05) is 24.9 Å². The van der Waals surface area contributed by atoms with Crippen LogP contribution < -0.4 is 0 Å². The van der Waals surface area contributed by atoms with Gasteiger partial charge in [-0.15, -0.1) is 0 Å². The fourth-order valence-corrected chi connectivity index (χ4v) is 0.447. The van der Waals surface area contributed by atoms with Gasteiger partial charge in [0.05, 0.1) is 19.1 Å². The van der Waals surface area contributed by atoms with Gasteiger partial charge in [-0.25, -0.2) is 4.18 Å². The van der Waals surface area contributed by atoms with Crippen LogP contribution in [0.2, 0.25) is 0 Å². The van der Waals surface area contributed by atoms with Gasteiger partial charge < -0.3 is 0 Å². The van der Waals surface area contributed by atoms with E-state index in [9.17, 15) is 8.42 Å². The summed E-state index contributed by atoms with van der Waals surface area (Å²) in [6, 6.07) is 0. The Bertz CT molecular complexity index is 174. The Balaban J connectivity index is 0. The molecule has 0 aromatic rings. The number of hydrogen-bond acceptors (Lipinski definition) is 3. The van der Waals surface area contributed by atoms with E-state index in [0.29, 0.717) is 10.9 Å². The predicted molar refractivity (Wildman–Crippen MR) is 52.9 cm³/mol. The molecule has 6 heteroatoms. The van der Waals surface area contributed by atoms with E-state index < -0.39 is 10.4 Å². The van der Waals surface area contributed by atoms with Gasteiger partial charge >= 0.3 is 10.4 Å². The summed E-state index contributed by atoms with van der Waals surface area (Å²) >= 11 is 0. The van der Waals surface area contributed by atoms with Gasteiger partial charge in [-0.1, -0.05) is 0 Å². The van der Waals surface area contributed by atoms with Gasteiger partial charge in [0.1, 0.15) is 5.75 Å². The predicted octanol–water partition coefficient (Wildman–Crippen LogP) is 0.710. The Kier molecular flexibility index (Phi) is 9.63. The van der Waals surface area contributed by atoms with E-state index in [2.05, 4.69) is 23.6 Å². The molecule has 0 fully saturated rings. The fourth-order valence-electron chi connectivity index (χ4n) is 0.149. The Labute approximate surface area is 77.6 Å². The van der Waals surface area contributed by atoms with Crippen molar-refractivity contribution in [3.05, 3.63) is 0 Å². The second-order valence-electron chi connectivity index (χ2n) is 2.11. The zero-order chi connectivity index (χ0) is 10.2. The van der Waals surface area contributed by atoms with Gasteiger partial charge in [-0.3, -0.25) is 4.55 Å². The molecule has 0 unspecified atom stereocenters. The molecule has 1 N–H and O–H groups in total. The van der Waals surface area contributed by atoms with E-state index in [1.807, 2.05) is 0 Å². The Morgan fingerprint density at radius 3 is 1.67 bits per heavy atom. The summed E-state index contributed by atoms with van der Waals surface area (Å²) in [5.41, 5.74) is 0. The highest BCUT2D eigenvalue weighted by Gasteiger charge is 1.98. The van der Waals surface area contributed by atoms with E-state index >= 15 is 0 Å². The number of rotatable bonds is 3. The van der Waals surface area contributed by atoms with Crippen LogP contribution in [0.25, 0.3) is 0 Å². The standard InChI is InChI=1S/C4H11S.C2H6O4S/c1-4-5(2)3;1-2-6-7(3,4)5/h4H2,1-3H3;2H2,1H3,(H,3,4,5)/q+1;. The summed E-state index contributed by atoms with van der Waals surface area (Å²) in [7, 11) is -3.50. The molecule has 0 amide bonds. The molecule has 12 heavy (non-hydrogen) atoms. The molecule has 0 atom stereocenters. The normalized spacial score (nSPS) is 10.8. The molecule has 0 aliphatic carbocycles. The molecule has 4 nitrogen and oxygen atoms in total. The maximum atomic E-state index is 9.56. The van der Waals surface area contributed by atoms with Crippen molar-refractivity contribution < 1.29 is 17.2 Å². The molecule has 0 heterocycles. The molecule has 76 valence electrons. The van der Waals surface area contributed by atoms with Crippen LogP contribution >= 0.6 is 0 Å². The van der Waals surface area contributed by atoms with Crippen molar-refractivity contribution in [3.63, 3.8) is 0 Å². The van der Waals surface area contributed by atoms with E-state index in [1.54, 1.807) is 0 Å². The Hall–Kier alpha value is 0.220. The van der Waals surface area contributed by atoms with E-state index in [-0.39, 0.29) is 6.61 Å². The second-order valence-corrected chi connectivity index (χ2v) is 5.75. The summed E-state index contributed by atoms with van der Waals surface area (Å²) in [4.78, 5) is 0. The monoisotopic (exact) mass is 217 g/mol. The van der Waals surface area contributed by atoms with Crippen LogP contribution in [0.3, 0.4) is 0 Å². The average molecular weight is 217 g/mol. The summed E-state index contributed by atoms with van der Waals surface area (Å²) in [6.45, 7) is 3.65. The molecule has 0 aliphatic heterocycles. The third-order valence-corrected chi connectivity index (χ3v) is 2.53. The maximum absolute atomic E-state index is 9.56. The smallest absolute Gasteiger partial charge is 0.264 e. The van der Waals surface area contributed by atoms with Crippen LogP contribution in [0.1, 0.15) is 13.8 Å². The first-order valence-corrected chi connectivity index (χ1v) is 7.07. The highest BCUT2D eigenvalue weighted by atomic mass is 32.3. The molecule has 0 rings (SSSR count). The lowest BCUT2D eigenvalue weighted by atomic mass is 10.9. The average Bonchev–Trinajstić information content (AvgIpc) is 1.86. The molecule has 0 aromatic heterocycles. The molecule has 0 saturated carbocycles. The van der Waals surface area contributed by atoms with E-state index in [4.69, 9.17) is 4.55 Å². The second kappa shape index (κ2) is 7.85. The lowest BCUT2D eigenvalue weighted by Gasteiger charge is -1.88. The van der Waals surface area contributed by atoms with Crippen LogP contribution in [-0.2, 0) is 25.5 Å². The van der Waals surface area contributed by atoms with Gasteiger partial charge in [0.25, 0.3) is 0 Å². The van der Waals surface area contributed by atoms with E-state index in [1.165, 1.54) is 12.7 Å². The molecular weight excluding hydrogens is 200 g/mol. The van der Waals surface area contributed by atoms with Crippen LogP contribution in [0, 0.1) is 0 Å². The highest BCUT2D eigenvalue weighted by molar-refractivity contribution is 7.95. The van der Waals surface area contributed by atoms with E-state index in [0.717, 1.165) is 0 Å². The third kappa shape index (κ3) is 22.5. The summed E-state index contributed by atoms with van der Waals surface area (Å²) in [5, 5.41) is 0. The third-order valence-electron chi connectivity index (χ3n) is 0.844. The van der Waals surface area contributed by atoms with Gasteiger partial charge in [0.2, 0.25) is 0 Å². The van der Waals surface area contributed by atoms with Crippen molar-refractivity contribution >= 4 is 21.3 Å². The van der Waals surface area contributed by atoms with Crippen molar-refractivity contribution in [3.8, 4) is 0 Å².